The van der Waals surface area contributed by atoms with Crippen molar-refractivity contribution in [1.82, 2.24) is 4.98 Å². The first-order valence-electron chi connectivity index (χ1n) is 5.44. The minimum atomic E-state index is -1.52. The Morgan fingerprint density at radius 2 is 1.94 bits per heavy atom. The number of halogens is 3. The lowest BCUT2D eigenvalue weighted by Gasteiger charge is -2.13. The SMILES string of the molecule is CCc1nc2c(F)c(F)c(F)cc2c(NN)c1C. The number of aromatic nitrogens is 1. The van der Waals surface area contributed by atoms with Crippen molar-refractivity contribution in [2.24, 2.45) is 5.84 Å². The Kier molecular flexibility index (Phi) is 3.13. The molecule has 3 N–H and O–H groups in total. The predicted molar refractivity (Wildman–Crippen MR) is 63.5 cm³/mol. The zero-order valence-corrected chi connectivity index (χ0v) is 9.94. The van der Waals surface area contributed by atoms with E-state index >= 15 is 0 Å². The van der Waals surface area contributed by atoms with E-state index in [9.17, 15) is 13.2 Å². The van der Waals surface area contributed by atoms with Crippen LogP contribution in [-0.2, 0) is 6.42 Å². The molecule has 0 unspecified atom stereocenters. The van der Waals surface area contributed by atoms with Gasteiger partial charge in [0.2, 0.25) is 0 Å². The van der Waals surface area contributed by atoms with Gasteiger partial charge < -0.3 is 5.43 Å². The van der Waals surface area contributed by atoms with E-state index in [2.05, 4.69) is 10.4 Å². The second kappa shape index (κ2) is 4.45. The van der Waals surface area contributed by atoms with E-state index in [0.717, 1.165) is 6.07 Å². The number of fused-ring (bicyclic) bond motifs is 1. The molecule has 2 rings (SSSR count). The van der Waals surface area contributed by atoms with Crippen molar-refractivity contribution in [3.63, 3.8) is 0 Å². The lowest BCUT2D eigenvalue weighted by Crippen LogP contribution is -2.12. The summed E-state index contributed by atoms with van der Waals surface area (Å²) in [6, 6.07) is 0.891. The molecule has 0 aliphatic carbocycles. The number of hydrogen-bond acceptors (Lipinski definition) is 3. The maximum atomic E-state index is 13.7. The molecular weight excluding hydrogens is 243 g/mol. The summed E-state index contributed by atoms with van der Waals surface area (Å²) in [7, 11) is 0. The van der Waals surface area contributed by atoms with Crippen LogP contribution in [0.5, 0.6) is 0 Å². The van der Waals surface area contributed by atoms with Gasteiger partial charge in [-0.25, -0.2) is 18.2 Å². The molecule has 6 heteroatoms. The van der Waals surface area contributed by atoms with Crippen LogP contribution < -0.4 is 11.3 Å². The first-order valence-corrected chi connectivity index (χ1v) is 5.44. The Labute approximate surface area is 102 Å². The molecule has 0 spiro atoms. The van der Waals surface area contributed by atoms with Crippen molar-refractivity contribution in [2.45, 2.75) is 20.3 Å². The molecule has 0 saturated carbocycles. The summed E-state index contributed by atoms with van der Waals surface area (Å²) in [6.07, 6.45) is 0.537. The van der Waals surface area contributed by atoms with Crippen molar-refractivity contribution in [2.75, 3.05) is 5.43 Å². The van der Waals surface area contributed by atoms with Gasteiger partial charge in [-0.1, -0.05) is 6.92 Å². The molecule has 0 amide bonds. The summed E-state index contributed by atoms with van der Waals surface area (Å²) < 4.78 is 40.1. The molecule has 0 aliphatic heterocycles. The Morgan fingerprint density at radius 1 is 1.28 bits per heavy atom. The van der Waals surface area contributed by atoms with Gasteiger partial charge >= 0.3 is 0 Å². The highest BCUT2D eigenvalue weighted by Crippen LogP contribution is 2.31. The van der Waals surface area contributed by atoms with Gasteiger partial charge in [-0.15, -0.1) is 0 Å². The van der Waals surface area contributed by atoms with Crippen LogP contribution in [0.25, 0.3) is 10.9 Å². The molecule has 1 heterocycles. The van der Waals surface area contributed by atoms with Gasteiger partial charge in [0.1, 0.15) is 5.52 Å². The van der Waals surface area contributed by atoms with E-state index in [1.165, 1.54) is 0 Å². The fraction of sp³-hybridized carbons (Fsp3) is 0.250. The third kappa shape index (κ3) is 1.69. The third-order valence-electron chi connectivity index (χ3n) is 2.94. The van der Waals surface area contributed by atoms with E-state index in [1.807, 2.05) is 6.92 Å². The number of nitrogens with two attached hydrogens (primary N) is 1. The van der Waals surface area contributed by atoms with E-state index < -0.39 is 17.5 Å². The molecule has 0 bridgehead atoms. The maximum Gasteiger partial charge on any atom is 0.196 e. The number of benzene rings is 1. The predicted octanol–water partition coefficient (Wildman–Crippen LogP) is 2.81. The summed E-state index contributed by atoms with van der Waals surface area (Å²) >= 11 is 0. The number of hydrogen-bond donors (Lipinski definition) is 2. The average Bonchev–Trinajstić information content (AvgIpc) is 2.36. The van der Waals surface area contributed by atoms with E-state index in [0.29, 0.717) is 23.4 Å². The molecule has 1 aromatic carbocycles. The lowest BCUT2D eigenvalue weighted by molar-refractivity contribution is 0.452. The van der Waals surface area contributed by atoms with Gasteiger partial charge in [-0.2, -0.15) is 0 Å². The lowest BCUT2D eigenvalue weighted by atomic mass is 10.1. The molecular formula is C12H12F3N3. The summed E-state index contributed by atoms with van der Waals surface area (Å²) in [5.41, 5.74) is 3.81. The van der Waals surface area contributed by atoms with Crippen molar-refractivity contribution in [1.29, 1.82) is 0 Å². The molecule has 0 fully saturated rings. The Balaban J connectivity index is 2.97. The number of rotatable bonds is 2. The van der Waals surface area contributed by atoms with Crippen LogP contribution in [-0.4, -0.2) is 4.98 Å². The number of hydrazine groups is 1. The Morgan fingerprint density at radius 3 is 2.50 bits per heavy atom. The molecule has 18 heavy (non-hydrogen) atoms. The molecule has 96 valence electrons. The quantitative estimate of drug-likeness (QED) is 0.493. The van der Waals surface area contributed by atoms with Crippen molar-refractivity contribution in [3.8, 4) is 0 Å². The van der Waals surface area contributed by atoms with Gasteiger partial charge in [-0.3, -0.25) is 5.84 Å². The molecule has 3 nitrogen and oxygen atoms in total. The van der Waals surface area contributed by atoms with E-state index in [-0.39, 0.29) is 10.9 Å². The first kappa shape index (κ1) is 12.6. The third-order valence-corrected chi connectivity index (χ3v) is 2.94. The second-order valence-electron chi connectivity index (χ2n) is 3.94. The van der Waals surface area contributed by atoms with Crippen molar-refractivity contribution >= 4 is 16.6 Å². The molecule has 0 radical (unpaired) electrons. The zero-order chi connectivity index (χ0) is 13.4. The van der Waals surface area contributed by atoms with Gasteiger partial charge in [0.25, 0.3) is 0 Å². The minimum Gasteiger partial charge on any atom is -0.323 e. The van der Waals surface area contributed by atoms with Gasteiger partial charge in [0.15, 0.2) is 17.5 Å². The van der Waals surface area contributed by atoms with E-state index in [1.54, 1.807) is 6.92 Å². The highest BCUT2D eigenvalue weighted by molar-refractivity contribution is 5.93. The average molecular weight is 255 g/mol. The largest absolute Gasteiger partial charge is 0.323 e. The molecule has 0 saturated heterocycles. The van der Waals surface area contributed by atoms with Crippen molar-refractivity contribution < 1.29 is 13.2 Å². The minimum absolute atomic E-state index is 0.128. The maximum absolute atomic E-state index is 13.7. The van der Waals surface area contributed by atoms with Crippen LogP contribution >= 0.6 is 0 Å². The van der Waals surface area contributed by atoms with Gasteiger partial charge in [-0.05, 0) is 25.0 Å². The number of pyridine rings is 1. The van der Waals surface area contributed by atoms with Crippen LogP contribution in [0.4, 0.5) is 18.9 Å². The Bertz CT molecular complexity index is 626. The zero-order valence-electron chi connectivity index (χ0n) is 9.94. The topological polar surface area (TPSA) is 50.9 Å². The number of aryl methyl sites for hydroxylation is 1. The number of nitrogens with one attached hydrogen (secondary N) is 1. The first-order chi connectivity index (χ1) is 8.51. The smallest absolute Gasteiger partial charge is 0.196 e. The second-order valence-corrected chi connectivity index (χ2v) is 3.94. The van der Waals surface area contributed by atoms with Gasteiger partial charge in [0, 0.05) is 11.1 Å². The van der Waals surface area contributed by atoms with E-state index in [4.69, 9.17) is 5.84 Å². The molecule has 1 aromatic heterocycles. The number of nitrogen functional groups attached to an aromatic ring is 1. The highest BCUT2D eigenvalue weighted by Gasteiger charge is 2.19. The normalized spacial score (nSPS) is 11.0. The Hall–Kier alpha value is -1.82. The summed E-state index contributed by atoms with van der Waals surface area (Å²) in [5.74, 6) is 1.28. The molecule has 0 aliphatic rings. The van der Waals surface area contributed by atoms with Crippen LogP contribution in [0.15, 0.2) is 6.07 Å². The fourth-order valence-corrected chi connectivity index (χ4v) is 1.98. The standard InChI is InChI=1S/C12H12F3N3/c1-3-8-5(2)11(18-16)6-4-7(13)9(14)10(15)12(6)17-8/h4H,3,16H2,1-2H3,(H,17,18). The number of anilines is 1. The monoisotopic (exact) mass is 255 g/mol. The summed E-state index contributed by atoms with van der Waals surface area (Å²) in [4.78, 5) is 4.03. The van der Waals surface area contributed by atoms with Crippen LogP contribution in [0.2, 0.25) is 0 Å². The van der Waals surface area contributed by atoms with Crippen molar-refractivity contribution in [3.05, 3.63) is 34.8 Å². The van der Waals surface area contributed by atoms with Crippen LogP contribution in [0.3, 0.4) is 0 Å². The van der Waals surface area contributed by atoms with Gasteiger partial charge in [0.05, 0.1) is 5.69 Å². The molecule has 2 aromatic rings. The number of nitrogens with zero attached hydrogens (tertiary/aromatic N) is 1. The van der Waals surface area contributed by atoms with Crippen LogP contribution in [0.1, 0.15) is 18.2 Å². The summed E-state index contributed by atoms with van der Waals surface area (Å²) in [6.45, 7) is 3.57. The highest BCUT2D eigenvalue weighted by atomic mass is 19.2. The summed E-state index contributed by atoms with van der Waals surface area (Å²) in [5, 5.41) is 0.128. The molecule has 0 atom stereocenters. The van der Waals surface area contributed by atoms with Crippen LogP contribution in [0, 0.1) is 24.4 Å². The fourth-order valence-electron chi connectivity index (χ4n) is 1.98.